The van der Waals surface area contributed by atoms with E-state index in [9.17, 15) is 9.90 Å². The first-order chi connectivity index (χ1) is 10.0. The lowest BCUT2D eigenvalue weighted by Gasteiger charge is -2.26. The Balaban J connectivity index is 2.63. The van der Waals surface area contributed by atoms with E-state index in [4.69, 9.17) is 4.74 Å². The highest BCUT2D eigenvalue weighted by molar-refractivity contribution is 6.76. The smallest absolute Gasteiger partial charge is 0.307 e. The van der Waals surface area contributed by atoms with Gasteiger partial charge in [-0.3, -0.25) is 4.79 Å². The van der Waals surface area contributed by atoms with Crippen LogP contribution < -0.4 is 0 Å². The third kappa shape index (κ3) is 6.23. The Morgan fingerprint density at radius 2 is 2.00 bits per heavy atom. The monoisotopic (exact) mass is 328 g/mol. The first-order valence-corrected chi connectivity index (χ1v) is 11.3. The number of ether oxygens (including phenoxy) is 1. The molecule has 1 rings (SSSR count). The average Bonchev–Trinajstić information content (AvgIpc) is 2.76. The highest BCUT2D eigenvalue weighted by Gasteiger charge is 2.33. The summed E-state index contributed by atoms with van der Waals surface area (Å²) in [6.45, 7) is 13.5. The number of carboxylic acids is 1. The Bertz CT molecular complexity index is 491. The van der Waals surface area contributed by atoms with Gasteiger partial charge in [-0.2, -0.15) is 0 Å². The molecule has 1 aromatic heterocycles. The summed E-state index contributed by atoms with van der Waals surface area (Å²) in [5.41, 5.74) is -0.360. The number of hydrogen-bond acceptors (Lipinski definition) is 5. The van der Waals surface area contributed by atoms with Crippen LogP contribution in [0.25, 0.3) is 0 Å². The fraction of sp³-hybridized carbons (Fsp3) is 0.857. The lowest BCUT2D eigenvalue weighted by molar-refractivity contribution is -0.145. The minimum absolute atomic E-state index is 0.267. The zero-order valence-corrected chi connectivity index (χ0v) is 15.5. The molecule has 0 saturated carbocycles. The van der Waals surface area contributed by atoms with E-state index in [2.05, 4.69) is 35.2 Å². The van der Waals surface area contributed by atoms with Crippen molar-refractivity contribution in [3.8, 4) is 0 Å². The lowest BCUT2D eigenvalue weighted by Crippen LogP contribution is -2.31. The molecule has 1 atom stereocenters. The van der Waals surface area contributed by atoms with E-state index in [0.29, 0.717) is 18.9 Å². The van der Waals surface area contributed by atoms with Crippen LogP contribution in [0.5, 0.6) is 0 Å². The van der Waals surface area contributed by atoms with Crippen molar-refractivity contribution in [3.63, 3.8) is 0 Å². The molecule has 0 bridgehead atoms. The number of hydrogen-bond donors (Lipinski definition) is 1. The van der Waals surface area contributed by atoms with Gasteiger partial charge in [0.05, 0.1) is 5.92 Å². The SMILES string of the molecule is CC(C)(C)[C@@H](Cc1nnnn1COCC[Si](C)(C)C)C(=O)O. The summed E-state index contributed by atoms with van der Waals surface area (Å²) in [7, 11) is -1.12. The molecule has 0 aromatic carbocycles. The number of aromatic nitrogens is 4. The molecular weight excluding hydrogens is 300 g/mol. The minimum Gasteiger partial charge on any atom is -0.481 e. The molecular formula is C14H28N4O3Si. The second kappa shape index (κ2) is 7.32. The van der Waals surface area contributed by atoms with Crippen LogP contribution in [-0.2, 0) is 22.7 Å². The van der Waals surface area contributed by atoms with Crippen LogP contribution in [0.15, 0.2) is 0 Å². The Kier molecular flexibility index (Phi) is 6.24. The summed E-state index contributed by atoms with van der Waals surface area (Å²) < 4.78 is 7.18. The molecule has 0 fully saturated rings. The van der Waals surface area contributed by atoms with Gasteiger partial charge in [-0.1, -0.05) is 40.4 Å². The minimum atomic E-state index is -1.12. The molecule has 22 heavy (non-hydrogen) atoms. The van der Waals surface area contributed by atoms with Gasteiger partial charge in [0, 0.05) is 21.1 Å². The van der Waals surface area contributed by atoms with Crippen LogP contribution in [0.1, 0.15) is 26.6 Å². The van der Waals surface area contributed by atoms with Crippen molar-refractivity contribution in [1.82, 2.24) is 20.2 Å². The molecule has 1 heterocycles. The van der Waals surface area contributed by atoms with Gasteiger partial charge in [0.15, 0.2) is 5.82 Å². The van der Waals surface area contributed by atoms with Gasteiger partial charge < -0.3 is 9.84 Å². The molecule has 0 spiro atoms. The summed E-state index contributed by atoms with van der Waals surface area (Å²) in [6.07, 6.45) is 0.295. The highest BCUT2D eigenvalue weighted by Crippen LogP contribution is 2.28. The van der Waals surface area contributed by atoms with Crippen LogP contribution >= 0.6 is 0 Å². The molecule has 0 saturated heterocycles. The largest absolute Gasteiger partial charge is 0.481 e. The third-order valence-electron chi connectivity index (χ3n) is 3.55. The predicted octanol–water partition coefficient (Wildman–Crippen LogP) is 2.27. The summed E-state index contributed by atoms with van der Waals surface area (Å²) in [5.74, 6) is -0.823. The molecule has 0 unspecified atom stereocenters. The highest BCUT2D eigenvalue weighted by atomic mass is 28.3. The fourth-order valence-electron chi connectivity index (χ4n) is 1.95. The second-order valence-electron chi connectivity index (χ2n) is 7.90. The molecule has 7 nitrogen and oxygen atoms in total. The average molecular weight is 328 g/mol. The van der Waals surface area contributed by atoms with Crippen LogP contribution in [0.4, 0.5) is 0 Å². The zero-order chi connectivity index (χ0) is 17.0. The summed E-state index contributed by atoms with van der Waals surface area (Å²) in [4.78, 5) is 11.4. The number of carboxylic acid groups (broad SMARTS) is 1. The predicted molar refractivity (Wildman–Crippen MR) is 86.2 cm³/mol. The Hall–Kier alpha value is -1.28. The van der Waals surface area contributed by atoms with Gasteiger partial charge in [-0.15, -0.1) is 5.10 Å². The van der Waals surface area contributed by atoms with Gasteiger partial charge in [-0.05, 0) is 21.9 Å². The van der Waals surface area contributed by atoms with Crippen molar-refractivity contribution < 1.29 is 14.6 Å². The van der Waals surface area contributed by atoms with Gasteiger partial charge in [0.25, 0.3) is 0 Å². The van der Waals surface area contributed by atoms with E-state index in [-0.39, 0.29) is 12.1 Å². The molecule has 0 aliphatic carbocycles. The van der Waals surface area contributed by atoms with Gasteiger partial charge in [-0.25, -0.2) is 4.68 Å². The number of carbonyl (C=O) groups is 1. The molecule has 0 radical (unpaired) electrons. The molecule has 1 N–H and O–H groups in total. The third-order valence-corrected chi connectivity index (χ3v) is 5.25. The maximum atomic E-state index is 11.4. The Labute approximate surface area is 133 Å². The normalized spacial score (nSPS) is 14.1. The van der Waals surface area contributed by atoms with Crippen LogP contribution in [0.2, 0.25) is 25.7 Å². The summed E-state index contributed by atoms with van der Waals surface area (Å²) in [6, 6.07) is 1.07. The number of aliphatic carboxylic acids is 1. The quantitative estimate of drug-likeness (QED) is 0.581. The molecule has 0 aliphatic rings. The number of rotatable bonds is 8. The molecule has 1 aromatic rings. The molecule has 0 aliphatic heterocycles. The van der Waals surface area contributed by atoms with E-state index in [1.807, 2.05) is 20.8 Å². The van der Waals surface area contributed by atoms with E-state index < -0.39 is 20.0 Å². The maximum Gasteiger partial charge on any atom is 0.307 e. The Morgan fingerprint density at radius 1 is 1.36 bits per heavy atom. The zero-order valence-electron chi connectivity index (χ0n) is 14.5. The molecule has 8 heteroatoms. The fourth-order valence-corrected chi connectivity index (χ4v) is 2.70. The summed E-state index contributed by atoms with van der Waals surface area (Å²) in [5, 5.41) is 20.9. The second-order valence-corrected chi connectivity index (χ2v) is 13.5. The topological polar surface area (TPSA) is 90.1 Å². The van der Waals surface area contributed by atoms with Crippen molar-refractivity contribution in [3.05, 3.63) is 5.82 Å². The van der Waals surface area contributed by atoms with E-state index in [1.165, 1.54) is 0 Å². The van der Waals surface area contributed by atoms with Gasteiger partial charge in [0.2, 0.25) is 0 Å². The van der Waals surface area contributed by atoms with Crippen molar-refractivity contribution in [2.75, 3.05) is 6.61 Å². The van der Waals surface area contributed by atoms with Crippen LogP contribution in [0.3, 0.4) is 0 Å². The van der Waals surface area contributed by atoms with Crippen molar-refractivity contribution >= 4 is 14.0 Å². The standard InChI is InChI=1S/C14H28N4O3Si/c1-14(2,3)11(13(19)20)9-12-15-16-17-18(12)10-21-7-8-22(4,5)6/h11H,7-10H2,1-6H3,(H,19,20)/t11-/m0/s1. The first-order valence-electron chi connectivity index (χ1n) is 7.56. The van der Waals surface area contributed by atoms with Crippen LogP contribution in [0, 0.1) is 11.3 Å². The van der Waals surface area contributed by atoms with E-state index in [0.717, 1.165) is 6.04 Å². The van der Waals surface area contributed by atoms with Crippen molar-refractivity contribution in [1.29, 1.82) is 0 Å². The van der Waals surface area contributed by atoms with Gasteiger partial charge in [0.1, 0.15) is 6.73 Å². The first kappa shape index (κ1) is 18.8. The van der Waals surface area contributed by atoms with Crippen molar-refractivity contribution in [2.45, 2.75) is 59.6 Å². The number of tetrazole rings is 1. The number of nitrogens with zero attached hydrogens (tertiary/aromatic N) is 4. The lowest BCUT2D eigenvalue weighted by atomic mass is 9.78. The summed E-state index contributed by atoms with van der Waals surface area (Å²) >= 11 is 0. The maximum absolute atomic E-state index is 11.4. The van der Waals surface area contributed by atoms with Gasteiger partial charge >= 0.3 is 5.97 Å². The van der Waals surface area contributed by atoms with E-state index in [1.54, 1.807) is 4.68 Å². The molecule has 126 valence electrons. The molecule has 0 amide bonds. The Morgan fingerprint density at radius 3 is 2.50 bits per heavy atom. The van der Waals surface area contributed by atoms with E-state index >= 15 is 0 Å². The van der Waals surface area contributed by atoms with Crippen molar-refractivity contribution in [2.24, 2.45) is 11.3 Å². The van der Waals surface area contributed by atoms with Crippen LogP contribution in [-0.4, -0.2) is 46.0 Å².